The third-order valence-corrected chi connectivity index (χ3v) is 5.15. The Labute approximate surface area is 183 Å². The third-order valence-electron chi connectivity index (χ3n) is 4.90. The van der Waals surface area contributed by atoms with Gasteiger partial charge in [-0.2, -0.15) is 5.10 Å². The molecule has 1 amide bonds. The number of fused-ring (bicyclic) bond motifs is 1. The fraction of sp³-hybridized carbons (Fsp3) is 0.0435. The minimum atomic E-state index is -0.280. The SMILES string of the molecule is O=C(NCc1ccc(Cl)cc1)c1nc(-c2ccnn2-c2ccccc2)n2ccncc12. The zero-order valence-corrected chi connectivity index (χ0v) is 17.1. The molecular formula is C23H17ClN6O. The van der Waals surface area contributed by atoms with E-state index in [2.05, 4.69) is 20.4 Å². The van der Waals surface area contributed by atoms with Crippen LogP contribution < -0.4 is 5.32 Å². The Balaban J connectivity index is 1.52. The van der Waals surface area contributed by atoms with Crippen molar-refractivity contribution in [1.82, 2.24) is 29.5 Å². The van der Waals surface area contributed by atoms with E-state index >= 15 is 0 Å². The zero-order valence-electron chi connectivity index (χ0n) is 16.3. The predicted octanol–water partition coefficient (Wildman–Crippen LogP) is 4.17. The molecule has 3 heterocycles. The topological polar surface area (TPSA) is 77.1 Å². The van der Waals surface area contributed by atoms with E-state index in [1.54, 1.807) is 41.6 Å². The molecular weight excluding hydrogens is 412 g/mol. The van der Waals surface area contributed by atoms with Crippen LogP contribution in [0.25, 0.3) is 22.7 Å². The summed E-state index contributed by atoms with van der Waals surface area (Å²) in [7, 11) is 0. The predicted molar refractivity (Wildman–Crippen MR) is 118 cm³/mol. The number of carbonyl (C=O) groups is 1. The number of carbonyl (C=O) groups excluding carboxylic acids is 1. The van der Waals surface area contributed by atoms with Crippen LogP contribution in [0.5, 0.6) is 0 Å². The average Bonchev–Trinajstić information content (AvgIpc) is 3.44. The highest BCUT2D eigenvalue weighted by Crippen LogP contribution is 2.24. The Morgan fingerprint density at radius 3 is 2.61 bits per heavy atom. The molecule has 0 spiro atoms. The number of amides is 1. The maximum atomic E-state index is 13.0. The van der Waals surface area contributed by atoms with Crippen molar-refractivity contribution >= 4 is 23.0 Å². The molecule has 5 aromatic rings. The summed E-state index contributed by atoms with van der Waals surface area (Å²) >= 11 is 5.93. The average molecular weight is 429 g/mol. The molecule has 0 aliphatic heterocycles. The monoisotopic (exact) mass is 428 g/mol. The second kappa shape index (κ2) is 8.04. The summed E-state index contributed by atoms with van der Waals surface area (Å²) in [5.74, 6) is 0.327. The van der Waals surface area contributed by atoms with Gasteiger partial charge in [-0.3, -0.25) is 14.2 Å². The van der Waals surface area contributed by atoms with Gasteiger partial charge in [0.15, 0.2) is 11.5 Å². The van der Waals surface area contributed by atoms with Gasteiger partial charge in [-0.05, 0) is 35.9 Å². The number of aromatic nitrogens is 5. The molecule has 3 aromatic heterocycles. The number of imidazole rings is 1. The van der Waals surface area contributed by atoms with Gasteiger partial charge in [0.2, 0.25) is 0 Å². The minimum Gasteiger partial charge on any atom is -0.347 e. The van der Waals surface area contributed by atoms with Crippen molar-refractivity contribution < 1.29 is 4.79 Å². The fourth-order valence-corrected chi connectivity index (χ4v) is 3.53. The first-order chi connectivity index (χ1) is 15.2. The maximum absolute atomic E-state index is 13.0. The molecule has 0 aliphatic rings. The molecule has 152 valence electrons. The maximum Gasteiger partial charge on any atom is 0.272 e. The minimum absolute atomic E-state index is 0.280. The molecule has 5 rings (SSSR count). The Hall–Kier alpha value is -3.97. The van der Waals surface area contributed by atoms with Crippen LogP contribution in [0.3, 0.4) is 0 Å². The molecule has 0 atom stereocenters. The zero-order chi connectivity index (χ0) is 21.2. The van der Waals surface area contributed by atoms with Crippen LogP contribution >= 0.6 is 11.6 Å². The van der Waals surface area contributed by atoms with Crippen molar-refractivity contribution in [1.29, 1.82) is 0 Å². The van der Waals surface area contributed by atoms with Crippen molar-refractivity contribution in [2.75, 3.05) is 0 Å². The van der Waals surface area contributed by atoms with E-state index in [0.29, 0.717) is 28.6 Å². The number of benzene rings is 2. The van der Waals surface area contributed by atoms with Crippen LogP contribution in [0.1, 0.15) is 16.1 Å². The summed E-state index contributed by atoms with van der Waals surface area (Å²) in [4.78, 5) is 21.8. The lowest BCUT2D eigenvalue weighted by molar-refractivity contribution is 0.0948. The van der Waals surface area contributed by atoms with Crippen molar-refractivity contribution in [2.24, 2.45) is 0 Å². The smallest absolute Gasteiger partial charge is 0.272 e. The summed E-state index contributed by atoms with van der Waals surface area (Å²) in [6.45, 7) is 0.368. The number of hydrogen-bond donors (Lipinski definition) is 1. The lowest BCUT2D eigenvalue weighted by Gasteiger charge is -2.06. The van der Waals surface area contributed by atoms with Gasteiger partial charge >= 0.3 is 0 Å². The summed E-state index contributed by atoms with van der Waals surface area (Å²) in [6.07, 6.45) is 6.80. The Morgan fingerprint density at radius 2 is 1.81 bits per heavy atom. The highest BCUT2D eigenvalue weighted by Gasteiger charge is 2.21. The quantitative estimate of drug-likeness (QED) is 0.456. The molecule has 2 aromatic carbocycles. The van der Waals surface area contributed by atoms with Gasteiger partial charge in [0.25, 0.3) is 5.91 Å². The highest BCUT2D eigenvalue weighted by molar-refractivity contribution is 6.30. The number of para-hydroxylation sites is 1. The summed E-state index contributed by atoms with van der Waals surface area (Å²) in [5, 5.41) is 8.02. The normalized spacial score (nSPS) is 11.0. The molecule has 0 aliphatic carbocycles. The van der Waals surface area contributed by atoms with E-state index < -0.39 is 0 Å². The van der Waals surface area contributed by atoms with Gasteiger partial charge in [-0.15, -0.1) is 0 Å². The summed E-state index contributed by atoms with van der Waals surface area (Å²) < 4.78 is 3.64. The largest absolute Gasteiger partial charge is 0.347 e. The number of hydrogen-bond acceptors (Lipinski definition) is 4. The number of halogens is 1. The molecule has 0 saturated heterocycles. The van der Waals surface area contributed by atoms with E-state index in [1.165, 1.54) is 0 Å². The van der Waals surface area contributed by atoms with Gasteiger partial charge in [0.05, 0.1) is 23.6 Å². The Bertz CT molecular complexity index is 1360. The van der Waals surface area contributed by atoms with E-state index in [-0.39, 0.29) is 5.91 Å². The fourth-order valence-electron chi connectivity index (χ4n) is 3.40. The van der Waals surface area contributed by atoms with Gasteiger partial charge in [0.1, 0.15) is 5.69 Å². The van der Waals surface area contributed by atoms with Crippen molar-refractivity contribution in [3.8, 4) is 17.2 Å². The van der Waals surface area contributed by atoms with Crippen molar-refractivity contribution in [3.63, 3.8) is 0 Å². The molecule has 0 fully saturated rings. The molecule has 8 heteroatoms. The van der Waals surface area contributed by atoms with E-state index in [0.717, 1.165) is 16.9 Å². The standard InChI is InChI=1S/C23H17ClN6O/c24-17-8-6-16(7-9-17)14-26-23(31)21-20-15-25-12-13-29(20)22(28-21)19-10-11-27-30(19)18-4-2-1-3-5-18/h1-13,15H,14H2,(H,26,31). The first-order valence-corrected chi connectivity index (χ1v) is 10.0. The Kier molecular flexibility index (Phi) is 4.93. The van der Waals surface area contributed by atoms with E-state index in [4.69, 9.17) is 11.6 Å². The summed E-state index contributed by atoms with van der Waals surface area (Å²) in [6, 6.07) is 19.0. The molecule has 7 nitrogen and oxygen atoms in total. The number of rotatable bonds is 5. The molecule has 31 heavy (non-hydrogen) atoms. The first kappa shape index (κ1) is 19.0. The second-order valence-corrected chi connectivity index (χ2v) is 7.32. The van der Waals surface area contributed by atoms with Crippen LogP contribution in [-0.4, -0.2) is 30.1 Å². The highest BCUT2D eigenvalue weighted by atomic mass is 35.5. The van der Waals surface area contributed by atoms with Gasteiger partial charge in [0, 0.05) is 24.0 Å². The van der Waals surface area contributed by atoms with E-state index in [9.17, 15) is 4.79 Å². The van der Waals surface area contributed by atoms with Crippen molar-refractivity contribution in [2.45, 2.75) is 6.54 Å². The number of nitrogens with one attached hydrogen (secondary N) is 1. The van der Waals surface area contributed by atoms with Gasteiger partial charge < -0.3 is 5.32 Å². The van der Waals surface area contributed by atoms with Crippen LogP contribution in [0, 0.1) is 0 Å². The molecule has 0 saturated carbocycles. The Morgan fingerprint density at radius 1 is 1.00 bits per heavy atom. The van der Waals surface area contributed by atoms with Crippen LogP contribution in [0.2, 0.25) is 5.02 Å². The second-order valence-electron chi connectivity index (χ2n) is 6.89. The van der Waals surface area contributed by atoms with Crippen LogP contribution in [0.4, 0.5) is 0 Å². The summed E-state index contributed by atoms with van der Waals surface area (Å²) in [5.41, 5.74) is 3.54. The van der Waals surface area contributed by atoms with E-state index in [1.807, 2.05) is 52.9 Å². The van der Waals surface area contributed by atoms with Crippen molar-refractivity contribution in [3.05, 3.63) is 102 Å². The van der Waals surface area contributed by atoms with Gasteiger partial charge in [-0.1, -0.05) is 41.9 Å². The van der Waals surface area contributed by atoms with Crippen LogP contribution in [-0.2, 0) is 6.54 Å². The first-order valence-electron chi connectivity index (χ1n) is 9.65. The molecule has 1 N–H and O–H groups in total. The number of nitrogens with zero attached hydrogens (tertiary/aromatic N) is 5. The van der Waals surface area contributed by atoms with Gasteiger partial charge in [-0.25, -0.2) is 9.67 Å². The lowest BCUT2D eigenvalue weighted by Crippen LogP contribution is -2.23. The third kappa shape index (κ3) is 3.67. The molecule has 0 radical (unpaired) electrons. The molecule has 0 bridgehead atoms. The lowest BCUT2D eigenvalue weighted by atomic mass is 10.2. The van der Waals surface area contributed by atoms with Crippen LogP contribution in [0.15, 0.2) is 85.5 Å². The molecule has 0 unspecified atom stereocenters.